The predicted molar refractivity (Wildman–Crippen MR) is 58.2 cm³/mol. The number of rotatable bonds is 2. The summed E-state index contributed by atoms with van der Waals surface area (Å²) in [6, 6.07) is 0. The average Bonchev–Trinajstić information content (AvgIpc) is 2.34. The lowest BCUT2D eigenvalue weighted by molar-refractivity contribution is 1.03. The molecule has 2 heterocycles. The van der Waals surface area contributed by atoms with Crippen LogP contribution >= 0.6 is 0 Å². The van der Waals surface area contributed by atoms with Crippen molar-refractivity contribution >= 4 is 0 Å². The zero-order chi connectivity index (χ0) is 10.9. The molecule has 0 saturated heterocycles. The number of aromatic nitrogens is 4. The van der Waals surface area contributed by atoms with E-state index in [0.717, 1.165) is 17.5 Å². The molecule has 0 N–H and O–H groups in total. The minimum atomic E-state index is 0.779. The van der Waals surface area contributed by atoms with E-state index in [1.54, 1.807) is 24.8 Å². The summed E-state index contributed by atoms with van der Waals surface area (Å²) in [5, 5.41) is 0. The molecule has 78 valence electrons. The summed E-state index contributed by atoms with van der Waals surface area (Å²) in [7, 11) is 0. The number of hydrogen-bond donors (Lipinski definition) is 0. The maximum Gasteiger partial charge on any atom is 0.115 e. The second-order valence-electron chi connectivity index (χ2n) is 2.67. The summed E-state index contributed by atoms with van der Waals surface area (Å²) in [6.07, 6.45) is 11.0. The lowest BCUT2D eigenvalue weighted by atomic mass is 10.1. The molecule has 0 fully saturated rings. The van der Waals surface area contributed by atoms with E-state index in [1.165, 1.54) is 12.7 Å². The van der Waals surface area contributed by atoms with Crippen molar-refractivity contribution in [2.75, 3.05) is 0 Å². The Morgan fingerprint density at radius 1 is 0.733 bits per heavy atom. The first-order valence-electron chi connectivity index (χ1n) is 4.93. The van der Waals surface area contributed by atoms with Crippen LogP contribution in [0.5, 0.6) is 0 Å². The molecule has 0 bridgehead atoms. The van der Waals surface area contributed by atoms with Gasteiger partial charge in [-0.05, 0) is 11.1 Å². The van der Waals surface area contributed by atoms with Gasteiger partial charge >= 0.3 is 0 Å². The molecule has 0 radical (unpaired) electrons. The van der Waals surface area contributed by atoms with Crippen LogP contribution in [-0.2, 0) is 6.42 Å². The Hall–Kier alpha value is -1.84. The van der Waals surface area contributed by atoms with E-state index in [-0.39, 0.29) is 0 Å². The third-order valence-corrected chi connectivity index (χ3v) is 1.64. The highest BCUT2D eigenvalue weighted by atomic mass is 14.8. The van der Waals surface area contributed by atoms with E-state index in [0.29, 0.717) is 0 Å². The molecule has 15 heavy (non-hydrogen) atoms. The minimum absolute atomic E-state index is 0.779. The van der Waals surface area contributed by atoms with E-state index in [9.17, 15) is 0 Å². The van der Waals surface area contributed by atoms with Crippen LogP contribution in [0.3, 0.4) is 0 Å². The van der Waals surface area contributed by atoms with Crippen LogP contribution in [0.4, 0.5) is 0 Å². The van der Waals surface area contributed by atoms with Gasteiger partial charge in [0.2, 0.25) is 0 Å². The van der Waals surface area contributed by atoms with E-state index < -0.39 is 0 Å². The van der Waals surface area contributed by atoms with Crippen LogP contribution in [0.1, 0.15) is 25.0 Å². The van der Waals surface area contributed by atoms with Crippen molar-refractivity contribution in [1.29, 1.82) is 0 Å². The molecule has 2 aromatic rings. The minimum Gasteiger partial charge on any atom is -0.245 e. The quantitative estimate of drug-likeness (QED) is 0.746. The van der Waals surface area contributed by atoms with Crippen molar-refractivity contribution in [2.24, 2.45) is 0 Å². The monoisotopic (exact) mass is 202 g/mol. The molecule has 2 rings (SSSR count). The Morgan fingerprint density at radius 2 is 1.07 bits per heavy atom. The molecule has 0 saturated carbocycles. The third-order valence-electron chi connectivity index (χ3n) is 1.64. The van der Waals surface area contributed by atoms with Gasteiger partial charge < -0.3 is 0 Å². The molecule has 0 aromatic carbocycles. The first-order valence-corrected chi connectivity index (χ1v) is 4.93. The van der Waals surface area contributed by atoms with Crippen molar-refractivity contribution in [3.8, 4) is 0 Å². The van der Waals surface area contributed by atoms with E-state index in [4.69, 9.17) is 0 Å². The lowest BCUT2D eigenvalue weighted by Crippen LogP contribution is -1.91. The number of nitrogens with zero attached hydrogens (tertiary/aromatic N) is 4. The Labute approximate surface area is 89.5 Å². The van der Waals surface area contributed by atoms with Crippen LogP contribution in [-0.4, -0.2) is 19.9 Å². The number of hydrogen-bond acceptors (Lipinski definition) is 4. The molecule has 0 unspecified atom stereocenters. The highest BCUT2D eigenvalue weighted by Crippen LogP contribution is 2.03. The largest absolute Gasteiger partial charge is 0.245 e. The normalized spacial score (nSPS) is 8.93. The predicted octanol–water partition coefficient (Wildman–Crippen LogP) is 1.88. The van der Waals surface area contributed by atoms with E-state index in [2.05, 4.69) is 19.9 Å². The average molecular weight is 202 g/mol. The smallest absolute Gasteiger partial charge is 0.115 e. The summed E-state index contributed by atoms with van der Waals surface area (Å²) < 4.78 is 0. The maximum absolute atomic E-state index is 3.93. The Morgan fingerprint density at radius 3 is 1.40 bits per heavy atom. The second-order valence-corrected chi connectivity index (χ2v) is 2.67. The van der Waals surface area contributed by atoms with Crippen molar-refractivity contribution < 1.29 is 0 Å². The van der Waals surface area contributed by atoms with Gasteiger partial charge in [0.15, 0.2) is 0 Å². The Balaban J connectivity index is 0.000000531. The van der Waals surface area contributed by atoms with Gasteiger partial charge in [0.05, 0.1) is 0 Å². The van der Waals surface area contributed by atoms with Crippen LogP contribution < -0.4 is 0 Å². The van der Waals surface area contributed by atoms with E-state index >= 15 is 0 Å². The first-order chi connectivity index (χ1) is 7.45. The van der Waals surface area contributed by atoms with E-state index in [1.807, 2.05) is 13.8 Å². The van der Waals surface area contributed by atoms with Gasteiger partial charge in [0.25, 0.3) is 0 Å². The lowest BCUT2D eigenvalue weighted by Gasteiger charge is -1.97. The van der Waals surface area contributed by atoms with Crippen LogP contribution in [0, 0.1) is 0 Å². The maximum atomic E-state index is 3.93. The summed E-state index contributed by atoms with van der Waals surface area (Å²) in [4.78, 5) is 15.7. The first kappa shape index (κ1) is 11.2. The van der Waals surface area contributed by atoms with Crippen molar-refractivity contribution in [3.63, 3.8) is 0 Å². The van der Waals surface area contributed by atoms with Gasteiger partial charge in [-0.15, -0.1) is 0 Å². The standard InChI is InChI=1S/C9H8N4.C2H6/c1(8-2-10-6-11-3-8)9-4-12-7-13-5-9;1-2/h2-7H,1H2;1-2H3. The molecule has 4 heteroatoms. The van der Waals surface area contributed by atoms with Crippen molar-refractivity contribution in [2.45, 2.75) is 20.3 Å². The Kier molecular flexibility index (Phi) is 4.94. The molecular weight excluding hydrogens is 188 g/mol. The van der Waals surface area contributed by atoms with Crippen LogP contribution in [0.2, 0.25) is 0 Å². The van der Waals surface area contributed by atoms with Gasteiger partial charge in [0.1, 0.15) is 12.7 Å². The third kappa shape index (κ3) is 3.81. The van der Waals surface area contributed by atoms with Gasteiger partial charge in [-0.25, -0.2) is 19.9 Å². The highest BCUT2D eigenvalue weighted by molar-refractivity contribution is 5.16. The van der Waals surface area contributed by atoms with Gasteiger partial charge in [0, 0.05) is 31.2 Å². The molecule has 0 aliphatic carbocycles. The molecule has 0 amide bonds. The zero-order valence-electron chi connectivity index (χ0n) is 8.96. The molecule has 0 spiro atoms. The second kappa shape index (κ2) is 6.59. The molecule has 4 nitrogen and oxygen atoms in total. The van der Waals surface area contributed by atoms with Crippen molar-refractivity contribution in [3.05, 3.63) is 48.6 Å². The summed E-state index contributed by atoms with van der Waals surface area (Å²) >= 11 is 0. The topological polar surface area (TPSA) is 51.6 Å². The van der Waals surface area contributed by atoms with Gasteiger partial charge in [-0.2, -0.15) is 0 Å². The molecule has 0 aliphatic rings. The summed E-state index contributed by atoms with van der Waals surface area (Å²) in [5.41, 5.74) is 2.13. The highest BCUT2D eigenvalue weighted by Gasteiger charge is 1.95. The SMILES string of the molecule is CC.c1ncc(Cc2cncnc2)cn1. The Bertz CT molecular complexity index is 323. The van der Waals surface area contributed by atoms with Crippen LogP contribution in [0.25, 0.3) is 0 Å². The van der Waals surface area contributed by atoms with Gasteiger partial charge in [-0.1, -0.05) is 13.8 Å². The summed E-state index contributed by atoms with van der Waals surface area (Å²) in [6.45, 7) is 4.00. The molecule has 0 aliphatic heterocycles. The molecule has 2 aromatic heterocycles. The fourth-order valence-corrected chi connectivity index (χ4v) is 1.08. The molecular formula is C11H14N4. The fraction of sp³-hybridized carbons (Fsp3) is 0.273. The summed E-state index contributed by atoms with van der Waals surface area (Å²) in [5.74, 6) is 0. The van der Waals surface area contributed by atoms with Crippen LogP contribution in [0.15, 0.2) is 37.4 Å². The zero-order valence-corrected chi connectivity index (χ0v) is 8.96. The fourth-order valence-electron chi connectivity index (χ4n) is 1.08. The van der Waals surface area contributed by atoms with Crippen molar-refractivity contribution in [1.82, 2.24) is 19.9 Å². The van der Waals surface area contributed by atoms with Gasteiger partial charge in [-0.3, -0.25) is 0 Å². The molecule has 0 atom stereocenters.